The lowest BCUT2D eigenvalue weighted by Crippen LogP contribution is -2.44. The average Bonchev–Trinajstić information content (AvgIpc) is 3.04. The van der Waals surface area contributed by atoms with Crippen LogP contribution in [0.15, 0.2) is 40.1 Å². The molecule has 3 aromatic rings. The molecule has 0 amide bonds. The van der Waals surface area contributed by atoms with Gasteiger partial charge in [0, 0.05) is 37.6 Å². The number of aromatic nitrogens is 4. The number of anilines is 3. The quantitative estimate of drug-likeness (QED) is 0.634. The van der Waals surface area contributed by atoms with E-state index in [0.717, 1.165) is 42.0 Å². The lowest BCUT2D eigenvalue weighted by Gasteiger charge is -2.34. The van der Waals surface area contributed by atoms with Crippen molar-refractivity contribution in [1.82, 2.24) is 24.5 Å². The molecule has 0 bridgehead atoms. The molecule has 4 rings (SSSR count). The van der Waals surface area contributed by atoms with E-state index < -0.39 is 0 Å². The lowest BCUT2D eigenvalue weighted by atomic mass is 10.2. The molecule has 1 aromatic carbocycles. The second-order valence-corrected chi connectivity index (χ2v) is 7.85. The van der Waals surface area contributed by atoms with Gasteiger partial charge >= 0.3 is 0 Å². The number of piperazine rings is 1. The number of nitrogens with zero attached hydrogens (tertiary/aromatic N) is 6. The maximum atomic E-state index is 4.55. The predicted molar refractivity (Wildman–Crippen MR) is 110 cm³/mol. The van der Waals surface area contributed by atoms with Crippen LogP contribution in [0.25, 0.3) is 5.65 Å². The van der Waals surface area contributed by atoms with Crippen LogP contribution in [0.2, 0.25) is 0 Å². The molecule has 1 aliphatic heterocycles. The van der Waals surface area contributed by atoms with E-state index in [1.165, 1.54) is 17.4 Å². The third kappa shape index (κ3) is 3.51. The van der Waals surface area contributed by atoms with Gasteiger partial charge in [-0.15, -0.1) is 0 Å². The molecular formula is C17H20BrN7S. The lowest BCUT2D eigenvalue weighted by molar-refractivity contribution is 0.313. The van der Waals surface area contributed by atoms with E-state index in [9.17, 15) is 0 Å². The van der Waals surface area contributed by atoms with Gasteiger partial charge in [-0.1, -0.05) is 11.8 Å². The van der Waals surface area contributed by atoms with E-state index in [0.29, 0.717) is 11.1 Å². The summed E-state index contributed by atoms with van der Waals surface area (Å²) < 4.78 is 2.56. The van der Waals surface area contributed by atoms with Gasteiger partial charge in [0.15, 0.2) is 10.8 Å². The third-order valence-electron chi connectivity index (χ3n) is 4.48. The molecule has 0 unspecified atom stereocenters. The van der Waals surface area contributed by atoms with Crippen molar-refractivity contribution in [1.29, 1.82) is 0 Å². The van der Waals surface area contributed by atoms with Crippen molar-refractivity contribution in [3.63, 3.8) is 0 Å². The molecule has 136 valence electrons. The number of hydrogen-bond acceptors (Lipinski definition) is 7. The number of benzene rings is 1. The fourth-order valence-corrected chi connectivity index (χ4v) is 3.66. The molecule has 1 saturated heterocycles. The summed E-state index contributed by atoms with van der Waals surface area (Å²) in [5.41, 5.74) is 2.98. The molecule has 0 aliphatic carbocycles. The summed E-state index contributed by atoms with van der Waals surface area (Å²) in [6.07, 6.45) is 3.69. The Kier molecular flexibility index (Phi) is 5.01. The number of nitrogens with one attached hydrogen (secondary N) is 1. The Morgan fingerprint density at radius 2 is 1.81 bits per heavy atom. The second kappa shape index (κ2) is 7.42. The van der Waals surface area contributed by atoms with Crippen LogP contribution < -0.4 is 10.2 Å². The number of halogens is 1. The summed E-state index contributed by atoms with van der Waals surface area (Å²) in [7, 11) is 2.17. The first kappa shape index (κ1) is 17.6. The molecule has 0 atom stereocenters. The largest absolute Gasteiger partial charge is 0.369 e. The SMILES string of the molecule is CSc1nc(Nc2ccc(N3CCN(C)CC3)cc2)n2ncc(Br)c2n1. The minimum absolute atomic E-state index is 0.650. The van der Waals surface area contributed by atoms with Gasteiger partial charge in [0.1, 0.15) is 0 Å². The standard InChI is InChI=1S/C17H20BrN7S/c1-23-7-9-24(10-8-23)13-5-3-12(4-6-13)20-16-22-17(26-2)21-15-14(18)11-19-25(15)16/h3-6,11H,7-10H2,1-2H3,(H,20,21,22). The van der Waals surface area contributed by atoms with Crippen LogP contribution in [0.3, 0.4) is 0 Å². The van der Waals surface area contributed by atoms with Crippen molar-refractivity contribution in [3.05, 3.63) is 34.9 Å². The first-order valence-corrected chi connectivity index (χ1v) is 10.4. The number of likely N-dealkylation sites (N-methyl/N-ethyl adjacent to an activating group) is 1. The highest BCUT2D eigenvalue weighted by Crippen LogP contribution is 2.25. The molecule has 1 N–H and O–H groups in total. The van der Waals surface area contributed by atoms with E-state index in [2.05, 4.69) is 77.4 Å². The Bertz CT molecular complexity index is 903. The highest BCUT2D eigenvalue weighted by atomic mass is 79.9. The first-order chi connectivity index (χ1) is 12.6. The van der Waals surface area contributed by atoms with Crippen LogP contribution >= 0.6 is 27.7 Å². The monoisotopic (exact) mass is 433 g/mol. The molecule has 3 heterocycles. The summed E-state index contributed by atoms with van der Waals surface area (Å²) in [6.45, 7) is 4.33. The van der Waals surface area contributed by atoms with Gasteiger partial charge in [0.25, 0.3) is 0 Å². The zero-order valence-electron chi connectivity index (χ0n) is 14.7. The topological polar surface area (TPSA) is 61.6 Å². The van der Waals surface area contributed by atoms with Crippen LogP contribution in [0.5, 0.6) is 0 Å². The van der Waals surface area contributed by atoms with E-state index in [1.54, 1.807) is 10.7 Å². The third-order valence-corrected chi connectivity index (χ3v) is 5.59. The molecule has 0 saturated carbocycles. The summed E-state index contributed by atoms with van der Waals surface area (Å²) in [5, 5.41) is 8.41. The van der Waals surface area contributed by atoms with E-state index in [4.69, 9.17) is 0 Å². The van der Waals surface area contributed by atoms with Crippen molar-refractivity contribution in [2.45, 2.75) is 5.16 Å². The van der Waals surface area contributed by atoms with Gasteiger partial charge in [-0.2, -0.15) is 14.6 Å². The van der Waals surface area contributed by atoms with Crippen LogP contribution in [0.4, 0.5) is 17.3 Å². The van der Waals surface area contributed by atoms with E-state index in [1.807, 2.05) is 6.26 Å². The Labute approximate surface area is 164 Å². The Morgan fingerprint density at radius 1 is 1.08 bits per heavy atom. The Hall–Kier alpha value is -1.84. The first-order valence-electron chi connectivity index (χ1n) is 8.40. The Balaban J connectivity index is 1.57. The summed E-state index contributed by atoms with van der Waals surface area (Å²) >= 11 is 5.00. The molecular weight excluding hydrogens is 414 g/mol. The molecule has 9 heteroatoms. The minimum atomic E-state index is 0.650. The van der Waals surface area contributed by atoms with E-state index in [-0.39, 0.29) is 0 Å². The second-order valence-electron chi connectivity index (χ2n) is 6.22. The van der Waals surface area contributed by atoms with Crippen molar-refractivity contribution >= 4 is 50.7 Å². The fraction of sp³-hybridized carbons (Fsp3) is 0.353. The number of fused-ring (bicyclic) bond motifs is 1. The van der Waals surface area contributed by atoms with Crippen LogP contribution in [0, 0.1) is 0 Å². The fourth-order valence-electron chi connectivity index (χ4n) is 2.95. The average molecular weight is 434 g/mol. The molecule has 26 heavy (non-hydrogen) atoms. The molecule has 0 radical (unpaired) electrons. The van der Waals surface area contributed by atoms with Crippen molar-refractivity contribution < 1.29 is 0 Å². The highest BCUT2D eigenvalue weighted by molar-refractivity contribution is 9.10. The molecule has 7 nitrogen and oxygen atoms in total. The van der Waals surface area contributed by atoms with Crippen molar-refractivity contribution in [3.8, 4) is 0 Å². The van der Waals surface area contributed by atoms with Gasteiger partial charge in [-0.25, -0.2) is 4.98 Å². The Morgan fingerprint density at radius 3 is 2.50 bits per heavy atom. The molecule has 0 spiro atoms. The minimum Gasteiger partial charge on any atom is -0.369 e. The van der Waals surface area contributed by atoms with Crippen molar-refractivity contribution in [2.24, 2.45) is 0 Å². The van der Waals surface area contributed by atoms with Gasteiger partial charge in [-0.3, -0.25) is 0 Å². The summed E-state index contributed by atoms with van der Waals surface area (Å²) in [4.78, 5) is 13.8. The van der Waals surface area contributed by atoms with Crippen molar-refractivity contribution in [2.75, 3.05) is 49.7 Å². The van der Waals surface area contributed by atoms with Gasteiger partial charge in [-0.05, 0) is 53.5 Å². The van der Waals surface area contributed by atoms with Gasteiger partial charge < -0.3 is 15.1 Å². The van der Waals surface area contributed by atoms with Crippen LogP contribution in [-0.4, -0.2) is 64.0 Å². The number of rotatable bonds is 4. The maximum absolute atomic E-state index is 4.55. The normalized spacial score (nSPS) is 15.6. The van der Waals surface area contributed by atoms with Crippen LogP contribution in [-0.2, 0) is 0 Å². The number of hydrogen-bond donors (Lipinski definition) is 1. The zero-order valence-corrected chi connectivity index (χ0v) is 17.1. The van der Waals surface area contributed by atoms with E-state index >= 15 is 0 Å². The van der Waals surface area contributed by atoms with Crippen LogP contribution in [0.1, 0.15) is 0 Å². The van der Waals surface area contributed by atoms with Gasteiger partial charge in [0.2, 0.25) is 5.95 Å². The predicted octanol–water partition coefficient (Wildman–Crippen LogP) is 3.10. The molecule has 1 aliphatic rings. The highest BCUT2D eigenvalue weighted by Gasteiger charge is 2.15. The summed E-state index contributed by atoms with van der Waals surface area (Å²) in [5.74, 6) is 0.650. The molecule has 1 fully saturated rings. The summed E-state index contributed by atoms with van der Waals surface area (Å²) in [6, 6.07) is 8.47. The molecule has 2 aromatic heterocycles. The number of thioether (sulfide) groups is 1. The smallest absolute Gasteiger partial charge is 0.232 e. The maximum Gasteiger partial charge on any atom is 0.232 e. The van der Waals surface area contributed by atoms with Gasteiger partial charge in [0.05, 0.1) is 10.7 Å². The zero-order chi connectivity index (χ0) is 18.1.